The van der Waals surface area contributed by atoms with Gasteiger partial charge in [0.1, 0.15) is 0 Å². The summed E-state index contributed by atoms with van der Waals surface area (Å²) in [5.41, 5.74) is 1.09. The highest BCUT2D eigenvalue weighted by molar-refractivity contribution is 6.30. The quantitative estimate of drug-likeness (QED) is 0.744. The highest BCUT2D eigenvalue weighted by atomic mass is 35.5. The van der Waals surface area contributed by atoms with Crippen LogP contribution in [0.25, 0.3) is 0 Å². The lowest BCUT2D eigenvalue weighted by molar-refractivity contribution is -0.132. The van der Waals surface area contributed by atoms with Crippen LogP contribution in [-0.4, -0.2) is 17.4 Å². The van der Waals surface area contributed by atoms with Crippen molar-refractivity contribution < 1.29 is 4.79 Å². The summed E-state index contributed by atoms with van der Waals surface area (Å²) in [5, 5.41) is 0.722. The van der Waals surface area contributed by atoms with Gasteiger partial charge in [-0.3, -0.25) is 4.79 Å². The van der Waals surface area contributed by atoms with Gasteiger partial charge in [-0.15, -0.1) is 0 Å². The van der Waals surface area contributed by atoms with Crippen molar-refractivity contribution in [2.75, 3.05) is 6.54 Å². The lowest BCUT2D eigenvalue weighted by Gasteiger charge is -2.22. The molecule has 0 radical (unpaired) electrons. The van der Waals surface area contributed by atoms with Gasteiger partial charge in [-0.05, 0) is 43.4 Å². The molecule has 102 valence electrons. The highest BCUT2D eigenvalue weighted by Gasteiger charge is 2.18. The van der Waals surface area contributed by atoms with Gasteiger partial charge in [-0.25, -0.2) is 0 Å². The van der Waals surface area contributed by atoms with Crippen LogP contribution in [0.4, 0.5) is 0 Å². The van der Waals surface area contributed by atoms with E-state index < -0.39 is 0 Å². The molecule has 0 saturated heterocycles. The molecule has 1 unspecified atom stereocenters. The second-order valence-electron chi connectivity index (χ2n) is 5.01. The lowest BCUT2D eigenvalue weighted by atomic mass is 10.0. The minimum Gasteiger partial charge on any atom is -0.339 e. The number of rotatable bonds is 5. The van der Waals surface area contributed by atoms with Crippen LogP contribution < -0.4 is 0 Å². The minimum atomic E-state index is 0.235. The molecule has 0 bridgehead atoms. The second kappa shape index (κ2) is 6.76. The smallest absolute Gasteiger partial charge is 0.223 e. The van der Waals surface area contributed by atoms with Crippen LogP contribution >= 0.6 is 11.6 Å². The van der Waals surface area contributed by atoms with Crippen molar-refractivity contribution in [3.63, 3.8) is 0 Å². The van der Waals surface area contributed by atoms with Crippen LogP contribution in [0.15, 0.2) is 36.4 Å². The van der Waals surface area contributed by atoms with E-state index in [1.807, 2.05) is 36.1 Å². The average Bonchev–Trinajstić information content (AvgIpc) is 2.88. The number of allylic oxidation sites excluding steroid dienone is 2. The molecule has 1 aromatic carbocycles. The predicted octanol–water partition coefficient (Wildman–Crippen LogP) is 4.04. The number of hydrogen-bond donors (Lipinski definition) is 0. The molecule has 0 aliphatic heterocycles. The number of benzene rings is 1. The number of carbonyl (C=O) groups is 1. The summed E-state index contributed by atoms with van der Waals surface area (Å²) >= 11 is 5.98. The number of nitrogens with zero attached hydrogens (tertiary/aromatic N) is 1. The third-order valence-corrected chi connectivity index (χ3v) is 3.78. The molecule has 3 heteroatoms. The molecule has 1 amide bonds. The van der Waals surface area contributed by atoms with Crippen molar-refractivity contribution in [2.24, 2.45) is 5.92 Å². The predicted molar refractivity (Wildman–Crippen MR) is 79.0 cm³/mol. The summed E-state index contributed by atoms with van der Waals surface area (Å²) in [7, 11) is 0. The van der Waals surface area contributed by atoms with E-state index in [4.69, 9.17) is 11.6 Å². The van der Waals surface area contributed by atoms with E-state index in [0.29, 0.717) is 18.9 Å². The topological polar surface area (TPSA) is 20.3 Å². The summed E-state index contributed by atoms with van der Waals surface area (Å²) in [6.45, 7) is 3.40. The van der Waals surface area contributed by atoms with Gasteiger partial charge in [0.25, 0.3) is 0 Å². The Morgan fingerprint density at radius 1 is 1.47 bits per heavy atom. The number of halogens is 1. The van der Waals surface area contributed by atoms with Gasteiger partial charge >= 0.3 is 0 Å². The maximum Gasteiger partial charge on any atom is 0.223 e. The molecule has 1 aliphatic carbocycles. The Hall–Kier alpha value is -1.28. The maximum absolute atomic E-state index is 12.3. The lowest BCUT2D eigenvalue weighted by Crippen LogP contribution is -2.31. The molecule has 0 heterocycles. The van der Waals surface area contributed by atoms with Crippen LogP contribution in [0.2, 0.25) is 5.02 Å². The summed E-state index contributed by atoms with van der Waals surface area (Å²) in [6.07, 6.45) is 7.19. The van der Waals surface area contributed by atoms with Gasteiger partial charge in [0.2, 0.25) is 5.91 Å². The molecule has 2 nitrogen and oxygen atoms in total. The molecule has 0 spiro atoms. The zero-order valence-corrected chi connectivity index (χ0v) is 12.1. The van der Waals surface area contributed by atoms with E-state index in [0.717, 1.165) is 30.0 Å². The van der Waals surface area contributed by atoms with E-state index in [-0.39, 0.29) is 5.91 Å². The highest BCUT2D eigenvalue weighted by Crippen LogP contribution is 2.22. The molecule has 1 aliphatic rings. The first kappa shape index (κ1) is 14.1. The largest absolute Gasteiger partial charge is 0.339 e. The Balaban J connectivity index is 1.95. The van der Waals surface area contributed by atoms with Gasteiger partial charge in [0.05, 0.1) is 0 Å². The fraction of sp³-hybridized carbons (Fsp3) is 0.438. The first-order valence-electron chi connectivity index (χ1n) is 6.88. The third kappa shape index (κ3) is 4.10. The molecule has 1 aromatic rings. The van der Waals surface area contributed by atoms with Crippen molar-refractivity contribution in [2.45, 2.75) is 32.7 Å². The van der Waals surface area contributed by atoms with Crippen molar-refractivity contribution in [1.82, 2.24) is 4.90 Å². The van der Waals surface area contributed by atoms with E-state index in [2.05, 4.69) is 12.2 Å². The fourth-order valence-corrected chi connectivity index (χ4v) is 2.66. The third-order valence-electron chi connectivity index (χ3n) is 3.55. The van der Waals surface area contributed by atoms with Crippen molar-refractivity contribution in [1.29, 1.82) is 0 Å². The van der Waals surface area contributed by atoms with Crippen LogP contribution in [0.1, 0.15) is 31.7 Å². The van der Waals surface area contributed by atoms with E-state index in [1.54, 1.807) is 0 Å². The maximum atomic E-state index is 12.3. The number of hydrogen-bond acceptors (Lipinski definition) is 1. The van der Waals surface area contributed by atoms with Gasteiger partial charge < -0.3 is 4.90 Å². The van der Waals surface area contributed by atoms with E-state index in [9.17, 15) is 4.79 Å². The normalized spacial score (nSPS) is 17.7. The van der Waals surface area contributed by atoms with Crippen LogP contribution in [0.5, 0.6) is 0 Å². The summed E-state index contributed by atoms with van der Waals surface area (Å²) in [4.78, 5) is 14.2. The van der Waals surface area contributed by atoms with E-state index >= 15 is 0 Å². The molecular formula is C16H20ClNO. The SMILES string of the molecule is CCN(Cc1cccc(Cl)c1)C(=O)CC1C=CCC1. The molecule has 0 saturated carbocycles. The Kier molecular flexibility index (Phi) is 5.03. The monoisotopic (exact) mass is 277 g/mol. The van der Waals surface area contributed by atoms with E-state index in [1.165, 1.54) is 0 Å². The molecule has 1 atom stereocenters. The number of carbonyl (C=O) groups excluding carboxylic acids is 1. The fourth-order valence-electron chi connectivity index (χ4n) is 2.45. The molecule has 19 heavy (non-hydrogen) atoms. The average molecular weight is 278 g/mol. The van der Waals surface area contributed by atoms with Crippen LogP contribution in [0, 0.1) is 5.92 Å². The summed E-state index contributed by atoms with van der Waals surface area (Å²) in [5.74, 6) is 0.667. The Morgan fingerprint density at radius 3 is 2.95 bits per heavy atom. The first-order valence-corrected chi connectivity index (χ1v) is 7.25. The molecule has 2 rings (SSSR count). The Morgan fingerprint density at radius 2 is 2.32 bits per heavy atom. The Bertz CT molecular complexity index is 470. The summed E-state index contributed by atoms with van der Waals surface area (Å²) in [6, 6.07) is 7.71. The van der Waals surface area contributed by atoms with Gasteiger partial charge in [-0.2, -0.15) is 0 Å². The first-order chi connectivity index (χ1) is 9.19. The van der Waals surface area contributed by atoms with Crippen molar-refractivity contribution in [3.05, 3.63) is 47.0 Å². The standard InChI is InChI=1S/C16H20ClNO/c1-2-18(12-14-8-5-9-15(17)10-14)16(19)11-13-6-3-4-7-13/h3,5-6,8-10,13H,2,4,7,11-12H2,1H3. The zero-order valence-electron chi connectivity index (χ0n) is 11.3. The van der Waals surface area contributed by atoms with Crippen molar-refractivity contribution >= 4 is 17.5 Å². The van der Waals surface area contributed by atoms with Crippen molar-refractivity contribution in [3.8, 4) is 0 Å². The van der Waals surface area contributed by atoms with Gasteiger partial charge in [0.15, 0.2) is 0 Å². The van der Waals surface area contributed by atoms with Crippen LogP contribution in [-0.2, 0) is 11.3 Å². The van der Waals surface area contributed by atoms with Crippen LogP contribution in [0.3, 0.4) is 0 Å². The molecule has 0 N–H and O–H groups in total. The molecular weight excluding hydrogens is 258 g/mol. The zero-order chi connectivity index (χ0) is 13.7. The van der Waals surface area contributed by atoms with Gasteiger partial charge in [-0.1, -0.05) is 35.9 Å². The Labute approximate surface area is 120 Å². The molecule has 0 aromatic heterocycles. The molecule has 0 fully saturated rings. The number of amides is 1. The van der Waals surface area contributed by atoms with Gasteiger partial charge in [0, 0.05) is 24.5 Å². The minimum absolute atomic E-state index is 0.235. The second-order valence-corrected chi connectivity index (χ2v) is 5.44. The summed E-state index contributed by atoms with van der Waals surface area (Å²) < 4.78 is 0.